The van der Waals surface area contributed by atoms with Gasteiger partial charge in [0, 0.05) is 67.6 Å². The number of Topliss-reactive ketones (excluding diaryl/α,β-unsaturated/α-hetero) is 4. The first-order chi connectivity index (χ1) is 48.9. The number of nitrogens with zero attached hydrogens (tertiary/aromatic N) is 4. The van der Waals surface area contributed by atoms with Gasteiger partial charge in [-0.2, -0.15) is 0 Å². The molecule has 7 aromatic rings. The van der Waals surface area contributed by atoms with E-state index in [1.807, 2.05) is 109 Å². The molecule has 102 heavy (non-hydrogen) atoms. The third kappa shape index (κ3) is 23.5. The van der Waals surface area contributed by atoms with Crippen molar-refractivity contribution in [2.24, 2.45) is 21.7 Å². The van der Waals surface area contributed by atoms with E-state index in [1.165, 1.54) is 11.1 Å². The third-order valence-electron chi connectivity index (χ3n) is 21.5. The molecule has 4 aliphatic rings. The lowest BCUT2D eigenvalue weighted by Crippen LogP contribution is -2.44. The molecule has 0 saturated carbocycles. The van der Waals surface area contributed by atoms with Crippen LogP contribution in [0.2, 0.25) is 15.1 Å². The van der Waals surface area contributed by atoms with Crippen LogP contribution in [0.3, 0.4) is 0 Å². The Kier molecular flexibility index (Phi) is 30.5. The first kappa shape index (κ1) is 80.2. The van der Waals surface area contributed by atoms with E-state index in [-0.39, 0.29) is 56.3 Å². The quantitative estimate of drug-likeness (QED) is 0.0399. The molecule has 0 radical (unpaired) electrons. The first-order valence-electron chi connectivity index (χ1n) is 35.6. The molecule has 4 heterocycles. The van der Waals surface area contributed by atoms with Crippen molar-refractivity contribution < 1.29 is 58.6 Å². The number of phenols is 4. The number of para-hydroxylation sites is 1. The number of piperidine rings is 4. The fourth-order valence-corrected chi connectivity index (χ4v) is 15.0. The number of likely N-dealkylation sites (tertiary alicyclic amines) is 4. The number of phenolic OH excluding ortho intramolecular Hbond substituents is 4. The second-order valence-corrected chi connectivity index (χ2v) is 29.3. The summed E-state index contributed by atoms with van der Waals surface area (Å²) in [6.45, 7) is 18.8. The fourth-order valence-electron chi connectivity index (χ4n) is 14.3. The highest BCUT2D eigenvalue weighted by molar-refractivity contribution is 6.32. The number of carbonyl (C=O) groups excluding carboxylic acids is 4. The summed E-state index contributed by atoms with van der Waals surface area (Å²) < 4.78 is 22.1. The van der Waals surface area contributed by atoms with E-state index in [0.717, 1.165) is 183 Å². The summed E-state index contributed by atoms with van der Waals surface area (Å²) in [6.07, 6.45) is 9.98. The Bertz CT molecular complexity index is 3790. The van der Waals surface area contributed by atoms with Gasteiger partial charge in [-0.3, -0.25) is 38.8 Å². The van der Waals surface area contributed by atoms with Crippen molar-refractivity contribution in [1.29, 1.82) is 0 Å². The highest BCUT2D eigenvalue weighted by Crippen LogP contribution is 2.42. The number of rotatable bonds is 26. The van der Waals surface area contributed by atoms with Crippen LogP contribution < -0.4 is 14.2 Å². The minimum atomic E-state index is -0.331. The van der Waals surface area contributed by atoms with Crippen LogP contribution in [0.25, 0.3) is 0 Å². The molecule has 19 heteroatoms. The molecule has 4 N–H and O–H groups in total. The molecule has 0 aromatic heterocycles. The molecule has 0 spiro atoms. The van der Waals surface area contributed by atoms with Crippen LogP contribution >= 0.6 is 34.8 Å². The van der Waals surface area contributed by atoms with Crippen molar-refractivity contribution >= 4 is 57.9 Å². The lowest BCUT2D eigenvalue weighted by atomic mass is 9.71. The van der Waals surface area contributed by atoms with Crippen molar-refractivity contribution in [3.8, 4) is 40.2 Å². The maximum Gasteiger partial charge on any atom is 0.136 e. The predicted molar refractivity (Wildman–Crippen MR) is 404 cm³/mol. The molecule has 16 nitrogen and oxygen atoms in total. The highest BCUT2D eigenvalue weighted by atomic mass is 35.5. The van der Waals surface area contributed by atoms with E-state index >= 15 is 0 Å². The van der Waals surface area contributed by atoms with Gasteiger partial charge in [0.05, 0.1) is 35.4 Å². The minimum absolute atomic E-state index is 0.0979. The molecule has 548 valence electrons. The molecule has 4 saturated heterocycles. The number of hydrogen-bond acceptors (Lipinski definition) is 16. The van der Waals surface area contributed by atoms with Crippen LogP contribution in [0.15, 0.2) is 164 Å². The van der Waals surface area contributed by atoms with Gasteiger partial charge in [0.25, 0.3) is 0 Å². The molecule has 11 rings (SSSR count). The van der Waals surface area contributed by atoms with E-state index < -0.39 is 0 Å². The van der Waals surface area contributed by atoms with Crippen LogP contribution in [0.1, 0.15) is 126 Å². The van der Waals surface area contributed by atoms with Crippen LogP contribution in [0.5, 0.6) is 40.2 Å². The molecule has 4 aliphatic heterocycles. The Morgan fingerprint density at radius 1 is 0.363 bits per heavy atom. The van der Waals surface area contributed by atoms with E-state index in [2.05, 4.69) is 31.7 Å². The molecule has 0 aliphatic carbocycles. The zero-order valence-corrected chi connectivity index (χ0v) is 62.4. The molecule has 0 bridgehead atoms. The molecular formula is C83H103Cl3N4O12. The lowest BCUT2D eigenvalue weighted by molar-refractivity contribution is -0.131. The zero-order valence-electron chi connectivity index (χ0n) is 60.2. The van der Waals surface area contributed by atoms with Gasteiger partial charge in [0.15, 0.2) is 0 Å². The normalized spacial score (nSPS) is 17.2. The van der Waals surface area contributed by atoms with Crippen molar-refractivity contribution in [3.05, 3.63) is 207 Å². The summed E-state index contributed by atoms with van der Waals surface area (Å²) in [5.41, 5.74) is 4.58. The van der Waals surface area contributed by atoms with Gasteiger partial charge in [-0.15, -0.1) is 0 Å². The smallest absolute Gasteiger partial charge is 0.136 e. The summed E-state index contributed by atoms with van der Waals surface area (Å²) in [5, 5.41) is 39.1. The van der Waals surface area contributed by atoms with Gasteiger partial charge in [-0.25, -0.2) is 0 Å². The Hall–Kier alpha value is -7.51. The van der Waals surface area contributed by atoms with E-state index in [1.54, 1.807) is 84.4 Å². The average molecular weight is 1460 g/mol. The van der Waals surface area contributed by atoms with E-state index in [9.17, 15) is 39.6 Å². The summed E-state index contributed by atoms with van der Waals surface area (Å²) in [7, 11) is 3.31. The number of hydrogen-bond donors (Lipinski definition) is 4. The SMILES string of the molecule is CC(=O)C1(CCOc2ccccc2)CCN(Cc2ccc(O)cc2)CC1.CC(=O)C1(Cc2ccccc2)CCN(Cc2ccc(O)c(Cl)c2)CC1.COCCC1(C(C)=O)CCN(Cc2ccc(O)c(Cl)c2)CC1.COc1cccc(OCCC2(C(C)=O)CCN(Cc3ccc(O)c(Cl)c3)CC2)c1. The van der Waals surface area contributed by atoms with E-state index in [4.69, 9.17) is 53.8 Å². The Labute approximate surface area is 618 Å². The van der Waals surface area contributed by atoms with Crippen molar-refractivity contribution in [2.75, 3.05) is 86.4 Å². The zero-order chi connectivity index (χ0) is 73.3. The van der Waals surface area contributed by atoms with Crippen LogP contribution in [-0.2, 0) is 56.5 Å². The number of ether oxygens (including phenoxy) is 4. The van der Waals surface area contributed by atoms with Crippen molar-refractivity contribution in [2.45, 2.75) is 131 Å². The van der Waals surface area contributed by atoms with Crippen LogP contribution in [0.4, 0.5) is 0 Å². The van der Waals surface area contributed by atoms with Crippen LogP contribution in [-0.4, -0.2) is 150 Å². The number of aromatic hydroxyl groups is 4. The number of halogens is 3. The van der Waals surface area contributed by atoms with Crippen molar-refractivity contribution in [1.82, 2.24) is 19.6 Å². The van der Waals surface area contributed by atoms with Gasteiger partial charge in [-0.1, -0.05) is 120 Å². The number of carbonyl (C=O) groups is 4. The van der Waals surface area contributed by atoms with Gasteiger partial charge < -0.3 is 39.4 Å². The molecule has 0 amide bonds. The van der Waals surface area contributed by atoms with Gasteiger partial charge in [0.2, 0.25) is 0 Å². The molecule has 0 atom stereocenters. The average Bonchev–Trinajstić information content (AvgIpc) is 0.832. The molecular weight excluding hydrogens is 1350 g/mol. The molecule has 0 unspecified atom stereocenters. The largest absolute Gasteiger partial charge is 0.508 e. The maximum atomic E-state index is 12.5. The monoisotopic (exact) mass is 1450 g/mol. The second-order valence-electron chi connectivity index (χ2n) is 28.1. The predicted octanol–water partition coefficient (Wildman–Crippen LogP) is 16.4. The molecule has 7 aromatic carbocycles. The summed E-state index contributed by atoms with van der Waals surface area (Å²) in [4.78, 5) is 58.7. The topological polar surface area (TPSA) is 199 Å². The van der Waals surface area contributed by atoms with Crippen molar-refractivity contribution in [3.63, 3.8) is 0 Å². The summed E-state index contributed by atoms with van der Waals surface area (Å²) in [5.74, 6) is 4.06. The number of methoxy groups -OCH3 is 2. The lowest BCUT2D eigenvalue weighted by Gasteiger charge is -2.40. The fraction of sp³-hybridized carbons (Fsp3) is 0.446. The third-order valence-corrected chi connectivity index (χ3v) is 22.4. The van der Waals surface area contributed by atoms with Gasteiger partial charge in [-0.05, 0) is 258 Å². The number of ketones is 4. The number of benzene rings is 7. The standard InChI is InChI=1S/C23H28ClNO4.C22H27NO3.C21H24ClNO2.C17H24ClNO3/c1-17(26)23(10-13-29-20-5-3-4-19(15-20)28-2)8-11-25(12-9-23)16-18-6-7-22(27)21(24)14-18;1-18(24)22(13-16-26-21-5-3-2-4-6-21)11-14-23(15-12-22)17-19-7-9-20(25)10-8-19;1-16(24)21(14-17-5-3-2-4-6-17)9-11-23(12-10-21)15-18-7-8-20(25)19(22)13-18;1-13(20)17(7-10-22-2)5-8-19(9-6-17)12-14-3-4-16(21)15(18)11-14/h3-7,14-15,27H,8-13,16H2,1-2H3;2-10,25H,11-17H2,1H3;2-8,13,25H,9-12,14-15H2,1H3;3-4,11,21H,5-10,12H2,1-2H3. The Balaban J connectivity index is 0.000000173. The summed E-state index contributed by atoms with van der Waals surface area (Å²) >= 11 is 18.0. The summed E-state index contributed by atoms with van der Waals surface area (Å²) in [6, 6.07) is 50.9. The molecule has 4 fully saturated rings. The Morgan fingerprint density at radius 2 is 0.686 bits per heavy atom. The van der Waals surface area contributed by atoms with Gasteiger partial charge in [0.1, 0.15) is 63.4 Å². The Morgan fingerprint density at radius 3 is 1.05 bits per heavy atom. The maximum absolute atomic E-state index is 12.5. The van der Waals surface area contributed by atoms with Crippen LogP contribution in [0, 0.1) is 21.7 Å². The van der Waals surface area contributed by atoms with Gasteiger partial charge >= 0.3 is 0 Å². The van der Waals surface area contributed by atoms with E-state index in [0.29, 0.717) is 52.8 Å². The highest BCUT2D eigenvalue weighted by Gasteiger charge is 2.42. The second kappa shape index (κ2) is 38.8. The first-order valence-corrected chi connectivity index (χ1v) is 36.7. The minimum Gasteiger partial charge on any atom is -0.508 e.